The summed E-state index contributed by atoms with van der Waals surface area (Å²) in [7, 11) is 4.95. The maximum atomic E-state index is 2.73. The first-order chi connectivity index (χ1) is 2.91. The maximum Gasteiger partial charge on any atom is 0.101 e. The Bertz CT molecular complexity index is 19.5. The Kier molecular flexibility index (Phi) is 5.95. The summed E-state index contributed by atoms with van der Waals surface area (Å²) in [5.74, 6) is 0. The van der Waals surface area contributed by atoms with Gasteiger partial charge in [0.1, 0.15) is 7.85 Å². The standard InChI is InChI=1S/C4H12BP/c5-3-1-2-4-6/h1-6H2. The highest BCUT2D eigenvalue weighted by molar-refractivity contribution is 7.16. The summed E-state index contributed by atoms with van der Waals surface area (Å²) in [5, 5.41) is 0. The van der Waals surface area contributed by atoms with Crippen molar-refractivity contribution < 1.29 is 0 Å². The van der Waals surface area contributed by atoms with Crippen LogP contribution in [0.1, 0.15) is 12.8 Å². The average molecular weight is 102 g/mol. The zero-order chi connectivity index (χ0) is 4.83. The van der Waals surface area contributed by atoms with Crippen LogP contribution >= 0.6 is 9.24 Å². The van der Waals surface area contributed by atoms with Gasteiger partial charge in [0.2, 0.25) is 0 Å². The van der Waals surface area contributed by atoms with Crippen molar-refractivity contribution in [3.8, 4) is 0 Å². The smallest absolute Gasteiger partial charge is 0.101 e. The topological polar surface area (TPSA) is 0 Å². The minimum Gasteiger partial charge on any atom is -0.138 e. The zero-order valence-electron chi connectivity index (χ0n) is 4.41. The Morgan fingerprint density at radius 2 is 2.00 bits per heavy atom. The summed E-state index contributed by atoms with van der Waals surface area (Å²) < 4.78 is 0. The predicted octanol–water partition coefficient (Wildman–Crippen LogP) is 0.693. The molecule has 0 nitrogen and oxygen atoms in total. The number of hydrogen-bond acceptors (Lipinski definition) is 0. The van der Waals surface area contributed by atoms with E-state index in [4.69, 9.17) is 0 Å². The van der Waals surface area contributed by atoms with Gasteiger partial charge >= 0.3 is 0 Å². The van der Waals surface area contributed by atoms with Gasteiger partial charge in [-0.1, -0.05) is 19.2 Å². The molecule has 0 spiro atoms. The van der Waals surface area contributed by atoms with Crippen molar-refractivity contribution in [2.45, 2.75) is 19.2 Å². The van der Waals surface area contributed by atoms with Gasteiger partial charge in [0, 0.05) is 0 Å². The van der Waals surface area contributed by atoms with Crippen LogP contribution in [-0.2, 0) is 0 Å². The lowest BCUT2D eigenvalue weighted by Gasteiger charge is -1.85. The van der Waals surface area contributed by atoms with Gasteiger partial charge in [-0.25, -0.2) is 0 Å². The van der Waals surface area contributed by atoms with E-state index < -0.39 is 0 Å². The molecule has 0 bridgehead atoms. The molecule has 0 saturated heterocycles. The van der Waals surface area contributed by atoms with Crippen LogP contribution in [0.5, 0.6) is 0 Å². The number of hydrogen-bond donors (Lipinski definition) is 0. The minimum absolute atomic E-state index is 1.27. The van der Waals surface area contributed by atoms with Crippen molar-refractivity contribution in [1.29, 1.82) is 0 Å². The summed E-state index contributed by atoms with van der Waals surface area (Å²) in [6, 6.07) is 0. The van der Waals surface area contributed by atoms with Gasteiger partial charge in [-0.05, 0) is 6.16 Å². The SMILES string of the molecule is BCCCCP. The molecular formula is C4H12BP. The van der Waals surface area contributed by atoms with E-state index in [-0.39, 0.29) is 0 Å². The van der Waals surface area contributed by atoms with Crippen molar-refractivity contribution in [2.24, 2.45) is 0 Å². The van der Waals surface area contributed by atoms with Crippen LogP contribution in [0.2, 0.25) is 6.32 Å². The molecule has 2 heteroatoms. The van der Waals surface area contributed by atoms with Crippen molar-refractivity contribution in [3.05, 3.63) is 0 Å². The van der Waals surface area contributed by atoms with E-state index in [2.05, 4.69) is 17.1 Å². The molecule has 0 saturated carbocycles. The van der Waals surface area contributed by atoms with Gasteiger partial charge in [-0.15, -0.1) is 9.24 Å². The fourth-order valence-corrected chi connectivity index (χ4v) is 0.683. The minimum atomic E-state index is 1.27. The second-order valence-corrected chi connectivity index (χ2v) is 2.07. The molecule has 0 aromatic carbocycles. The van der Waals surface area contributed by atoms with Crippen LogP contribution in [0.3, 0.4) is 0 Å². The lowest BCUT2D eigenvalue weighted by molar-refractivity contribution is 0.894. The quantitative estimate of drug-likeness (QED) is 0.279. The molecule has 36 valence electrons. The third kappa shape index (κ3) is 4.49. The number of rotatable bonds is 3. The van der Waals surface area contributed by atoms with Crippen LogP contribution in [0.25, 0.3) is 0 Å². The van der Waals surface area contributed by atoms with Crippen LogP contribution in [0.15, 0.2) is 0 Å². The molecule has 0 aliphatic heterocycles. The Balaban J connectivity index is 2.34. The largest absolute Gasteiger partial charge is 0.138 e. The highest BCUT2D eigenvalue weighted by Crippen LogP contribution is 1.94. The lowest BCUT2D eigenvalue weighted by Crippen LogP contribution is -1.72. The van der Waals surface area contributed by atoms with Crippen LogP contribution < -0.4 is 0 Å². The van der Waals surface area contributed by atoms with E-state index in [1.807, 2.05) is 0 Å². The Morgan fingerprint density at radius 1 is 1.33 bits per heavy atom. The van der Waals surface area contributed by atoms with E-state index in [9.17, 15) is 0 Å². The normalized spacial score (nSPS) is 8.83. The second-order valence-electron chi connectivity index (χ2n) is 1.50. The molecule has 0 heterocycles. The molecule has 6 heavy (non-hydrogen) atoms. The van der Waals surface area contributed by atoms with Crippen molar-refractivity contribution in [3.63, 3.8) is 0 Å². The second kappa shape index (κ2) is 5.49. The monoisotopic (exact) mass is 102 g/mol. The average Bonchev–Trinajstić information content (AvgIpc) is 1.61. The summed E-state index contributed by atoms with van der Waals surface area (Å²) >= 11 is 0. The van der Waals surface area contributed by atoms with Gasteiger partial charge in [0.25, 0.3) is 0 Å². The molecule has 0 aromatic rings. The fourth-order valence-electron chi connectivity index (χ4n) is 0.394. The van der Waals surface area contributed by atoms with E-state index in [1.54, 1.807) is 0 Å². The molecule has 0 rings (SSSR count). The van der Waals surface area contributed by atoms with Crippen LogP contribution in [-0.4, -0.2) is 14.0 Å². The third-order valence-corrected chi connectivity index (χ3v) is 1.22. The third-order valence-electron chi connectivity index (χ3n) is 0.808. The van der Waals surface area contributed by atoms with E-state index in [0.717, 1.165) is 0 Å². The molecule has 0 aliphatic carbocycles. The molecule has 0 aromatic heterocycles. The van der Waals surface area contributed by atoms with Crippen molar-refractivity contribution >= 4 is 17.1 Å². The maximum absolute atomic E-state index is 2.73. The van der Waals surface area contributed by atoms with Gasteiger partial charge in [0.05, 0.1) is 0 Å². The molecule has 0 amide bonds. The molecule has 0 fully saturated rings. The van der Waals surface area contributed by atoms with E-state index in [1.165, 1.54) is 25.3 Å². The molecular weight excluding hydrogens is 89.8 g/mol. The van der Waals surface area contributed by atoms with Crippen LogP contribution in [0, 0.1) is 0 Å². The van der Waals surface area contributed by atoms with Crippen molar-refractivity contribution in [2.75, 3.05) is 6.16 Å². The zero-order valence-corrected chi connectivity index (χ0v) is 5.56. The molecule has 1 unspecified atom stereocenters. The summed E-state index contributed by atoms with van der Waals surface area (Å²) in [6.45, 7) is 0. The first-order valence-electron chi connectivity index (χ1n) is 2.62. The van der Waals surface area contributed by atoms with Crippen LogP contribution in [0.4, 0.5) is 0 Å². The Labute approximate surface area is 43.3 Å². The highest BCUT2D eigenvalue weighted by Gasteiger charge is 1.75. The van der Waals surface area contributed by atoms with Gasteiger partial charge in [-0.3, -0.25) is 0 Å². The van der Waals surface area contributed by atoms with Gasteiger partial charge in [-0.2, -0.15) is 0 Å². The molecule has 0 radical (unpaired) electrons. The van der Waals surface area contributed by atoms with Crippen molar-refractivity contribution in [1.82, 2.24) is 0 Å². The molecule has 0 N–H and O–H groups in total. The van der Waals surface area contributed by atoms with Gasteiger partial charge < -0.3 is 0 Å². The summed E-state index contributed by atoms with van der Waals surface area (Å²) in [4.78, 5) is 0. The summed E-state index contributed by atoms with van der Waals surface area (Å²) in [5.41, 5.74) is 0. The highest BCUT2D eigenvalue weighted by atomic mass is 31.0. The number of unbranched alkanes of at least 4 members (excludes halogenated alkanes) is 1. The molecule has 0 aliphatic rings. The molecule has 1 atom stereocenters. The lowest BCUT2D eigenvalue weighted by atomic mass is 10.0. The van der Waals surface area contributed by atoms with Gasteiger partial charge in [0.15, 0.2) is 0 Å². The van der Waals surface area contributed by atoms with E-state index in [0.29, 0.717) is 0 Å². The Morgan fingerprint density at radius 3 is 2.17 bits per heavy atom. The Hall–Kier alpha value is 0.495. The predicted molar refractivity (Wildman–Crippen MR) is 37.2 cm³/mol. The first-order valence-corrected chi connectivity index (χ1v) is 3.43. The van der Waals surface area contributed by atoms with E-state index >= 15 is 0 Å². The summed E-state index contributed by atoms with van der Waals surface area (Å²) in [6.07, 6.45) is 5.38. The fraction of sp³-hybridized carbons (Fsp3) is 1.00. The first kappa shape index (κ1) is 6.49.